The third kappa shape index (κ3) is 5.33. The molecule has 2 aromatic carbocycles. The lowest BCUT2D eigenvalue weighted by molar-refractivity contribution is -0.118. The molecule has 6 nitrogen and oxygen atoms in total. The van der Waals surface area contributed by atoms with E-state index in [4.69, 9.17) is 14.7 Å². The monoisotopic (exact) mass is 451 g/mol. The first-order valence-electron chi connectivity index (χ1n) is 8.91. The summed E-state index contributed by atoms with van der Waals surface area (Å²) in [5, 5.41) is 11.8. The Hall–Kier alpha value is -3.37. The molecule has 3 aromatic rings. The molecule has 0 aliphatic heterocycles. The quantitative estimate of drug-likeness (QED) is 0.557. The van der Waals surface area contributed by atoms with Gasteiger partial charge >= 0.3 is 0 Å². The van der Waals surface area contributed by atoms with E-state index < -0.39 is 0 Å². The van der Waals surface area contributed by atoms with Crippen molar-refractivity contribution < 1.29 is 14.3 Å². The molecule has 3 rings (SSSR count). The third-order valence-electron chi connectivity index (χ3n) is 3.92. The van der Waals surface area contributed by atoms with Crippen LogP contribution in [0.5, 0.6) is 11.5 Å². The molecule has 0 fully saturated rings. The van der Waals surface area contributed by atoms with E-state index >= 15 is 0 Å². The Kier molecular flexibility index (Phi) is 6.82. The van der Waals surface area contributed by atoms with E-state index in [1.165, 1.54) is 0 Å². The Morgan fingerprint density at radius 2 is 1.93 bits per heavy atom. The van der Waals surface area contributed by atoms with Crippen LogP contribution in [0.4, 0.5) is 5.82 Å². The normalized spacial score (nSPS) is 10.1. The van der Waals surface area contributed by atoms with Crippen molar-refractivity contribution in [1.82, 2.24) is 4.98 Å². The van der Waals surface area contributed by atoms with Gasteiger partial charge in [-0.25, -0.2) is 4.98 Å². The molecule has 1 amide bonds. The van der Waals surface area contributed by atoms with Crippen LogP contribution in [-0.2, 0) is 4.79 Å². The average molecular weight is 452 g/mol. The van der Waals surface area contributed by atoms with Crippen molar-refractivity contribution in [1.29, 1.82) is 5.26 Å². The van der Waals surface area contributed by atoms with Gasteiger partial charge in [0.25, 0.3) is 5.91 Å². The van der Waals surface area contributed by atoms with Crippen LogP contribution in [0.1, 0.15) is 12.5 Å². The van der Waals surface area contributed by atoms with Gasteiger partial charge in [0.15, 0.2) is 18.1 Å². The minimum Gasteiger partial charge on any atom is -0.490 e. The number of benzene rings is 2. The Labute approximate surface area is 177 Å². The molecule has 0 atom stereocenters. The van der Waals surface area contributed by atoms with Gasteiger partial charge in [-0.05, 0) is 46.6 Å². The van der Waals surface area contributed by atoms with Crippen molar-refractivity contribution in [2.45, 2.75) is 6.92 Å². The number of anilines is 1. The van der Waals surface area contributed by atoms with Gasteiger partial charge in [0.05, 0.1) is 22.7 Å². The van der Waals surface area contributed by atoms with Crippen molar-refractivity contribution in [3.05, 3.63) is 70.8 Å². The van der Waals surface area contributed by atoms with Crippen molar-refractivity contribution in [3.8, 4) is 28.7 Å². The number of pyridine rings is 1. The third-order valence-corrected chi connectivity index (χ3v) is 4.51. The molecule has 0 saturated carbocycles. The molecule has 146 valence electrons. The number of nitriles is 1. The second-order valence-electron chi connectivity index (χ2n) is 5.97. The smallest absolute Gasteiger partial charge is 0.263 e. The first-order chi connectivity index (χ1) is 14.1. The van der Waals surface area contributed by atoms with E-state index in [2.05, 4.69) is 32.3 Å². The van der Waals surface area contributed by atoms with Crippen LogP contribution >= 0.6 is 15.9 Å². The number of halogens is 1. The number of nitrogens with one attached hydrogen (secondary N) is 1. The predicted octanol–water partition coefficient (Wildman–Crippen LogP) is 4.80. The molecule has 1 heterocycles. The number of carbonyl (C=O) groups excluding carboxylic acids is 1. The fraction of sp³-hybridized carbons (Fsp3) is 0.136. The summed E-state index contributed by atoms with van der Waals surface area (Å²) < 4.78 is 11.7. The van der Waals surface area contributed by atoms with Crippen LogP contribution in [0.15, 0.2) is 65.3 Å². The van der Waals surface area contributed by atoms with E-state index in [9.17, 15) is 4.79 Å². The van der Waals surface area contributed by atoms with Gasteiger partial charge in [0.1, 0.15) is 5.82 Å². The highest BCUT2D eigenvalue weighted by molar-refractivity contribution is 9.10. The molecule has 0 spiro atoms. The molecule has 0 aliphatic carbocycles. The summed E-state index contributed by atoms with van der Waals surface area (Å²) in [6.07, 6.45) is 1.70. The van der Waals surface area contributed by atoms with Gasteiger partial charge in [-0.15, -0.1) is 0 Å². The van der Waals surface area contributed by atoms with Crippen LogP contribution in [0, 0.1) is 11.3 Å². The van der Waals surface area contributed by atoms with Gasteiger partial charge < -0.3 is 14.8 Å². The maximum absolute atomic E-state index is 12.3. The lowest BCUT2D eigenvalue weighted by Crippen LogP contribution is -2.21. The second kappa shape index (κ2) is 9.71. The number of hydrogen-bond donors (Lipinski definition) is 1. The van der Waals surface area contributed by atoms with Crippen LogP contribution in [0.3, 0.4) is 0 Å². The van der Waals surface area contributed by atoms with Gasteiger partial charge in [-0.1, -0.05) is 30.3 Å². The zero-order chi connectivity index (χ0) is 20.6. The van der Waals surface area contributed by atoms with Crippen LogP contribution < -0.4 is 14.8 Å². The van der Waals surface area contributed by atoms with Gasteiger partial charge in [0, 0.05) is 17.8 Å². The van der Waals surface area contributed by atoms with Crippen molar-refractivity contribution in [3.63, 3.8) is 0 Å². The van der Waals surface area contributed by atoms with Crippen molar-refractivity contribution in [2.24, 2.45) is 0 Å². The summed E-state index contributed by atoms with van der Waals surface area (Å²) in [5.41, 5.74) is 2.44. The zero-order valence-corrected chi connectivity index (χ0v) is 17.3. The topological polar surface area (TPSA) is 84.2 Å². The number of amides is 1. The molecule has 0 aliphatic rings. The molecular formula is C22H18BrN3O3. The van der Waals surface area contributed by atoms with E-state index in [0.717, 1.165) is 11.1 Å². The number of hydrogen-bond acceptors (Lipinski definition) is 5. The number of carbonyl (C=O) groups is 1. The van der Waals surface area contributed by atoms with Gasteiger partial charge in [-0.2, -0.15) is 5.26 Å². The summed E-state index contributed by atoms with van der Waals surface area (Å²) in [7, 11) is 0. The first-order valence-corrected chi connectivity index (χ1v) is 9.70. The Morgan fingerprint density at radius 1 is 1.14 bits per heavy atom. The molecule has 7 heteroatoms. The molecular weight excluding hydrogens is 434 g/mol. The SMILES string of the molecule is CCOc1cc(C#N)cc(Br)c1OCC(=O)Nc1ccc(-c2ccccc2)cn1. The highest BCUT2D eigenvalue weighted by Crippen LogP contribution is 2.36. The Bertz CT molecular complexity index is 1030. The molecule has 1 N–H and O–H groups in total. The summed E-state index contributed by atoms with van der Waals surface area (Å²) in [6.45, 7) is 2.00. The van der Waals surface area contributed by atoms with Crippen LogP contribution in [0.25, 0.3) is 11.1 Å². The van der Waals surface area contributed by atoms with E-state index in [-0.39, 0.29) is 12.5 Å². The lowest BCUT2D eigenvalue weighted by atomic mass is 10.1. The number of ether oxygens (including phenoxy) is 2. The number of rotatable bonds is 7. The summed E-state index contributed by atoms with van der Waals surface area (Å²) in [5.74, 6) is 0.843. The minimum absolute atomic E-state index is 0.229. The van der Waals surface area contributed by atoms with Crippen LogP contribution in [0.2, 0.25) is 0 Å². The highest BCUT2D eigenvalue weighted by Gasteiger charge is 2.14. The maximum atomic E-state index is 12.3. The average Bonchev–Trinajstić information content (AvgIpc) is 2.74. The van der Waals surface area contributed by atoms with Gasteiger partial charge in [0.2, 0.25) is 0 Å². The molecule has 29 heavy (non-hydrogen) atoms. The molecule has 1 aromatic heterocycles. The van der Waals surface area contributed by atoms with Gasteiger partial charge in [-0.3, -0.25) is 4.79 Å². The molecule has 0 bridgehead atoms. The highest BCUT2D eigenvalue weighted by atomic mass is 79.9. The number of aromatic nitrogens is 1. The first kappa shape index (κ1) is 20.4. The second-order valence-corrected chi connectivity index (χ2v) is 6.82. The Morgan fingerprint density at radius 3 is 2.59 bits per heavy atom. The molecule has 0 unspecified atom stereocenters. The molecule has 0 radical (unpaired) electrons. The van der Waals surface area contributed by atoms with Crippen molar-refractivity contribution in [2.75, 3.05) is 18.5 Å². The Balaban J connectivity index is 1.64. The summed E-state index contributed by atoms with van der Waals surface area (Å²) in [6, 6.07) is 18.7. The summed E-state index contributed by atoms with van der Waals surface area (Å²) in [4.78, 5) is 16.5. The standard InChI is InChI=1S/C22H18BrN3O3/c1-2-28-19-11-15(12-24)10-18(23)22(19)29-14-21(27)26-20-9-8-17(13-25-20)16-6-4-3-5-7-16/h3-11,13H,2,14H2,1H3,(H,25,26,27). The minimum atomic E-state index is -0.358. The fourth-order valence-corrected chi connectivity index (χ4v) is 3.18. The largest absolute Gasteiger partial charge is 0.490 e. The van der Waals surface area contributed by atoms with E-state index in [0.29, 0.717) is 34.0 Å². The van der Waals surface area contributed by atoms with E-state index in [1.54, 1.807) is 24.4 Å². The fourth-order valence-electron chi connectivity index (χ4n) is 2.62. The van der Waals surface area contributed by atoms with E-state index in [1.807, 2.05) is 43.3 Å². The number of nitrogens with zero attached hydrogens (tertiary/aromatic N) is 2. The zero-order valence-electron chi connectivity index (χ0n) is 15.7. The lowest BCUT2D eigenvalue weighted by Gasteiger charge is -2.14. The predicted molar refractivity (Wildman–Crippen MR) is 114 cm³/mol. The van der Waals surface area contributed by atoms with Crippen LogP contribution in [-0.4, -0.2) is 24.1 Å². The summed E-state index contributed by atoms with van der Waals surface area (Å²) >= 11 is 3.36. The molecule has 0 saturated heterocycles. The van der Waals surface area contributed by atoms with Crippen molar-refractivity contribution >= 4 is 27.7 Å². The maximum Gasteiger partial charge on any atom is 0.263 e.